The van der Waals surface area contributed by atoms with Gasteiger partial charge in [0.2, 0.25) is 0 Å². The molecule has 27 heavy (non-hydrogen) atoms. The summed E-state index contributed by atoms with van der Waals surface area (Å²) in [4.78, 5) is 35.3. The number of rotatable bonds is 2. The lowest BCUT2D eigenvalue weighted by Crippen LogP contribution is -2.26. The third kappa shape index (κ3) is 3.10. The van der Waals surface area contributed by atoms with Gasteiger partial charge in [0, 0.05) is 26.0 Å². The van der Waals surface area contributed by atoms with Gasteiger partial charge in [-0.15, -0.1) is 0 Å². The van der Waals surface area contributed by atoms with Crippen LogP contribution in [0, 0.1) is 0 Å². The van der Waals surface area contributed by atoms with Crippen LogP contribution in [0.3, 0.4) is 0 Å². The molecule has 1 aliphatic rings. The van der Waals surface area contributed by atoms with Crippen LogP contribution in [0.15, 0.2) is 47.3 Å². The molecule has 0 saturated carbocycles. The summed E-state index contributed by atoms with van der Waals surface area (Å²) in [6, 6.07) is 12.5. The zero-order valence-corrected chi connectivity index (χ0v) is 14.9. The number of ether oxygens (including phenoxy) is 2. The number of nitrogens with zero attached hydrogens (tertiary/aromatic N) is 1. The second kappa shape index (κ2) is 6.39. The van der Waals surface area contributed by atoms with E-state index in [1.54, 1.807) is 28.8 Å². The Labute approximate surface area is 154 Å². The minimum absolute atomic E-state index is 0.119. The van der Waals surface area contributed by atoms with Crippen LogP contribution in [0.2, 0.25) is 0 Å². The van der Waals surface area contributed by atoms with Crippen molar-refractivity contribution in [2.75, 3.05) is 0 Å². The number of fused-ring (bicyclic) bond motifs is 4. The topological polar surface area (TPSA) is 74.6 Å². The van der Waals surface area contributed by atoms with Gasteiger partial charge in [0.15, 0.2) is 0 Å². The molecule has 6 heteroatoms. The van der Waals surface area contributed by atoms with Gasteiger partial charge in [-0.1, -0.05) is 6.07 Å². The first-order chi connectivity index (χ1) is 12.9. The van der Waals surface area contributed by atoms with E-state index >= 15 is 0 Å². The lowest BCUT2D eigenvalue weighted by molar-refractivity contribution is -0.132. The molecule has 2 heterocycles. The van der Waals surface area contributed by atoms with E-state index < -0.39 is 5.97 Å². The monoisotopic (exact) mass is 363 g/mol. The number of carbonyl (C=O) groups is 2. The molecule has 0 unspecified atom stereocenters. The molecule has 0 radical (unpaired) electrons. The number of hydrogen-bond donors (Lipinski definition) is 0. The predicted molar refractivity (Wildman–Crippen MR) is 100.0 cm³/mol. The first kappa shape index (κ1) is 17.0. The molecule has 0 N–H and O–H groups in total. The molecule has 136 valence electrons. The first-order valence-electron chi connectivity index (χ1n) is 8.60. The van der Waals surface area contributed by atoms with E-state index in [0.717, 1.165) is 22.2 Å². The van der Waals surface area contributed by atoms with Crippen LogP contribution in [0.4, 0.5) is 0 Å². The van der Waals surface area contributed by atoms with Crippen LogP contribution in [0.5, 0.6) is 11.5 Å². The maximum Gasteiger partial charge on any atom is 0.308 e. The Morgan fingerprint density at radius 1 is 0.926 bits per heavy atom. The molecule has 2 aromatic carbocycles. The molecule has 0 bridgehead atoms. The Morgan fingerprint density at radius 2 is 1.59 bits per heavy atom. The van der Waals surface area contributed by atoms with Crippen LogP contribution in [-0.4, -0.2) is 16.5 Å². The Kier molecular flexibility index (Phi) is 4.03. The highest BCUT2D eigenvalue weighted by Crippen LogP contribution is 2.33. The zero-order valence-electron chi connectivity index (χ0n) is 14.9. The largest absolute Gasteiger partial charge is 0.427 e. The third-order valence-electron chi connectivity index (χ3n) is 4.56. The predicted octanol–water partition coefficient (Wildman–Crippen LogP) is 3.08. The third-order valence-corrected chi connectivity index (χ3v) is 4.56. The molecule has 0 fully saturated rings. The number of esters is 2. The van der Waals surface area contributed by atoms with Gasteiger partial charge in [0.1, 0.15) is 11.5 Å². The fraction of sp³-hybridized carbons (Fsp3) is 0.190. The fourth-order valence-electron chi connectivity index (χ4n) is 3.49. The van der Waals surface area contributed by atoms with Crippen molar-refractivity contribution in [2.24, 2.45) is 0 Å². The standard InChI is InChI=1S/C21H17NO5/c1-12(23)26-16-5-6-18-15(9-16)7-8-22-20(18)10-14-3-4-17(27-13(2)24)11-19(14)21(22)25/h3-6,9-11H,7-8H2,1-2H3. The SMILES string of the molecule is CC(=O)Oc1ccc2c(c1)CCn1c-2cc2ccc(OC(C)=O)cc2c1=O. The highest BCUT2D eigenvalue weighted by Gasteiger charge is 2.20. The number of pyridine rings is 1. The molecule has 0 amide bonds. The normalized spacial score (nSPS) is 12.2. The summed E-state index contributed by atoms with van der Waals surface area (Å²) in [5.41, 5.74) is 2.68. The summed E-state index contributed by atoms with van der Waals surface area (Å²) in [5.74, 6) is 0.0700. The summed E-state index contributed by atoms with van der Waals surface area (Å²) < 4.78 is 12.0. The van der Waals surface area contributed by atoms with Crippen molar-refractivity contribution >= 4 is 22.7 Å². The fourth-order valence-corrected chi connectivity index (χ4v) is 3.49. The molecule has 1 aliphatic heterocycles. The van der Waals surface area contributed by atoms with Gasteiger partial charge in [-0.05, 0) is 53.8 Å². The molecule has 4 rings (SSSR count). The lowest BCUT2D eigenvalue weighted by atomic mass is 9.95. The Morgan fingerprint density at radius 3 is 2.30 bits per heavy atom. The molecule has 6 nitrogen and oxygen atoms in total. The number of carbonyl (C=O) groups excluding carboxylic acids is 2. The smallest absolute Gasteiger partial charge is 0.308 e. The van der Waals surface area contributed by atoms with Crippen LogP contribution in [0.25, 0.3) is 22.0 Å². The van der Waals surface area contributed by atoms with Gasteiger partial charge in [0.05, 0.1) is 11.1 Å². The van der Waals surface area contributed by atoms with Gasteiger partial charge >= 0.3 is 11.9 Å². The van der Waals surface area contributed by atoms with Crippen molar-refractivity contribution in [3.8, 4) is 22.8 Å². The first-order valence-corrected chi connectivity index (χ1v) is 8.60. The van der Waals surface area contributed by atoms with Crippen molar-refractivity contribution in [3.63, 3.8) is 0 Å². The van der Waals surface area contributed by atoms with Crippen LogP contribution < -0.4 is 15.0 Å². The molecule has 1 aromatic heterocycles. The van der Waals surface area contributed by atoms with Gasteiger partial charge in [-0.3, -0.25) is 14.4 Å². The van der Waals surface area contributed by atoms with E-state index in [-0.39, 0.29) is 11.5 Å². The van der Waals surface area contributed by atoms with E-state index in [9.17, 15) is 14.4 Å². The quantitative estimate of drug-likeness (QED) is 0.517. The summed E-state index contributed by atoms with van der Waals surface area (Å²) in [6.45, 7) is 3.22. The number of aromatic nitrogens is 1. The molecular weight excluding hydrogens is 346 g/mol. The summed E-state index contributed by atoms with van der Waals surface area (Å²) in [5, 5.41) is 1.29. The van der Waals surface area contributed by atoms with Gasteiger partial charge in [-0.25, -0.2) is 0 Å². The Bertz CT molecular complexity index is 1160. The maximum atomic E-state index is 13.0. The van der Waals surface area contributed by atoms with Gasteiger partial charge < -0.3 is 14.0 Å². The number of aryl methyl sites for hydroxylation is 1. The van der Waals surface area contributed by atoms with Gasteiger partial charge in [-0.2, -0.15) is 0 Å². The molecule has 3 aromatic rings. The van der Waals surface area contributed by atoms with Gasteiger partial charge in [0.25, 0.3) is 5.56 Å². The minimum Gasteiger partial charge on any atom is -0.427 e. The Hall–Kier alpha value is -3.41. The van der Waals surface area contributed by atoms with Crippen molar-refractivity contribution in [2.45, 2.75) is 26.8 Å². The Balaban J connectivity index is 1.85. The van der Waals surface area contributed by atoms with Crippen LogP contribution in [0.1, 0.15) is 19.4 Å². The highest BCUT2D eigenvalue weighted by molar-refractivity contribution is 5.88. The van der Waals surface area contributed by atoms with E-state index in [1.165, 1.54) is 13.8 Å². The van der Waals surface area contributed by atoms with Crippen molar-refractivity contribution < 1.29 is 19.1 Å². The molecular formula is C21H17NO5. The second-order valence-corrected chi connectivity index (χ2v) is 6.49. The average molecular weight is 363 g/mol. The number of benzene rings is 2. The van der Waals surface area contributed by atoms with Crippen LogP contribution in [-0.2, 0) is 22.6 Å². The van der Waals surface area contributed by atoms with E-state index in [2.05, 4.69) is 0 Å². The number of hydrogen-bond acceptors (Lipinski definition) is 5. The maximum absolute atomic E-state index is 13.0. The summed E-state index contributed by atoms with van der Waals surface area (Å²) in [6.07, 6.45) is 0.659. The molecule has 0 saturated heterocycles. The van der Waals surface area contributed by atoms with Crippen LogP contribution >= 0.6 is 0 Å². The molecule has 0 spiro atoms. The van der Waals surface area contributed by atoms with E-state index in [0.29, 0.717) is 29.9 Å². The molecule has 0 atom stereocenters. The van der Waals surface area contributed by atoms with Crippen molar-refractivity contribution in [3.05, 3.63) is 58.4 Å². The zero-order chi connectivity index (χ0) is 19.1. The summed E-state index contributed by atoms with van der Waals surface area (Å²) >= 11 is 0. The average Bonchev–Trinajstić information content (AvgIpc) is 2.61. The van der Waals surface area contributed by atoms with Crippen molar-refractivity contribution in [1.29, 1.82) is 0 Å². The van der Waals surface area contributed by atoms with E-state index in [4.69, 9.17) is 9.47 Å². The minimum atomic E-state index is -0.426. The van der Waals surface area contributed by atoms with E-state index in [1.807, 2.05) is 18.2 Å². The highest BCUT2D eigenvalue weighted by atomic mass is 16.5. The molecule has 0 aliphatic carbocycles. The second-order valence-electron chi connectivity index (χ2n) is 6.49. The van der Waals surface area contributed by atoms with Crippen molar-refractivity contribution in [1.82, 2.24) is 4.57 Å². The summed E-state index contributed by atoms with van der Waals surface area (Å²) in [7, 11) is 0. The lowest BCUT2D eigenvalue weighted by Gasteiger charge is -2.23.